The van der Waals surface area contributed by atoms with E-state index >= 15 is 0 Å². The number of ether oxygens (including phenoxy) is 1. The number of likely N-dealkylation sites (tertiary alicyclic amines) is 1. The monoisotopic (exact) mass is 424 g/mol. The van der Waals surface area contributed by atoms with E-state index in [0.717, 1.165) is 47.8 Å². The Morgan fingerprint density at radius 3 is 2.63 bits per heavy atom. The third kappa shape index (κ3) is 4.55. The third-order valence-corrected chi connectivity index (χ3v) is 6.41. The van der Waals surface area contributed by atoms with Crippen molar-refractivity contribution in [2.75, 3.05) is 25.1 Å². The molecule has 1 aliphatic heterocycles. The summed E-state index contributed by atoms with van der Waals surface area (Å²) in [6, 6.07) is 18.5. The van der Waals surface area contributed by atoms with Gasteiger partial charge in [-0.15, -0.1) is 11.3 Å². The molecule has 2 aromatic carbocycles. The van der Waals surface area contributed by atoms with Crippen LogP contribution in [0.3, 0.4) is 0 Å². The Labute approximate surface area is 180 Å². The van der Waals surface area contributed by atoms with Gasteiger partial charge in [-0.2, -0.15) is 0 Å². The van der Waals surface area contributed by atoms with E-state index in [1.54, 1.807) is 13.2 Å². The molecule has 1 fully saturated rings. The Balaban J connectivity index is 1.52. The van der Waals surface area contributed by atoms with Crippen molar-refractivity contribution in [2.24, 2.45) is 0 Å². The fourth-order valence-corrected chi connectivity index (χ4v) is 4.64. The molecule has 0 spiro atoms. The quantitative estimate of drug-likeness (QED) is 0.545. The lowest BCUT2D eigenvalue weighted by Crippen LogP contribution is -2.47. The number of halogens is 1. The van der Waals surface area contributed by atoms with Crippen LogP contribution in [0.2, 0.25) is 0 Å². The van der Waals surface area contributed by atoms with Crippen LogP contribution in [0.25, 0.3) is 0 Å². The average molecular weight is 425 g/mol. The number of carbonyl (C=O) groups excluding carboxylic acids is 1. The smallest absolute Gasteiger partial charge is 0.268 e. The van der Waals surface area contributed by atoms with E-state index in [-0.39, 0.29) is 17.8 Å². The normalized spacial score (nSPS) is 15.1. The molecule has 0 saturated carbocycles. The molecule has 4 rings (SSSR count). The van der Waals surface area contributed by atoms with Crippen LogP contribution in [0.1, 0.15) is 28.1 Å². The molecule has 4 nitrogen and oxygen atoms in total. The summed E-state index contributed by atoms with van der Waals surface area (Å²) in [5, 5.41) is 1.92. The zero-order chi connectivity index (χ0) is 20.9. The van der Waals surface area contributed by atoms with Crippen LogP contribution in [0.5, 0.6) is 5.75 Å². The second-order valence-electron chi connectivity index (χ2n) is 7.45. The van der Waals surface area contributed by atoms with Crippen molar-refractivity contribution in [3.05, 3.63) is 82.3 Å². The predicted octanol–water partition coefficient (Wildman–Crippen LogP) is 5.21. The SMILES string of the molecule is COc1cccc(N(C(=O)c2cccs2)C2CCN(Cc3ccccc3F)CC2)c1. The maximum atomic E-state index is 14.0. The maximum absolute atomic E-state index is 14.0. The van der Waals surface area contributed by atoms with Crippen molar-refractivity contribution in [3.63, 3.8) is 0 Å². The molecule has 1 amide bonds. The summed E-state index contributed by atoms with van der Waals surface area (Å²) >= 11 is 1.46. The maximum Gasteiger partial charge on any atom is 0.268 e. The van der Waals surface area contributed by atoms with E-state index in [0.29, 0.717) is 6.54 Å². The first-order chi connectivity index (χ1) is 14.7. The van der Waals surface area contributed by atoms with Gasteiger partial charge in [-0.25, -0.2) is 4.39 Å². The predicted molar refractivity (Wildman–Crippen MR) is 119 cm³/mol. The zero-order valence-corrected chi connectivity index (χ0v) is 17.8. The molecule has 156 valence electrons. The van der Waals surface area contributed by atoms with Gasteiger partial charge in [0.15, 0.2) is 0 Å². The van der Waals surface area contributed by atoms with E-state index in [2.05, 4.69) is 4.90 Å². The second kappa shape index (κ2) is 9.41. The van der Waals surface area contributed by atoms with E-state index in [9.17, 15) is 9.18 Å². The van der Waals surface area contributed by atoms with Crippen LogP contribution >= 0.6 is 11.3 Å². The van der Waals surface area contributed by atoms with Crippen molar-refractivity contribution < 1.29 is 13.9 Å². The number of benzene rings is 2. The fraction of sp³-hybridized carbons (Fsp3) is 0.292. The van der Waals surface area contributed by atoms with Crippen LogP contribution in [-0.4, -0.2) is 37.0 Å². The Morgan fingerprint density at radius 2 is 1.93 bits per heavy atom. The lowest BCUT2D eigenvalue weighted by Gasteiger charge is -2.38. The number of hydrogen-bond acceptors (Lipinski definition) is 4. The van der Waals surface area contributed by atoms with Crippen LogP contribution in [0.15, 0.2) is 66.0 Å². The summed E-state index contributed by atoms with van der Waals surface area (Å²) in [5.41, 5.74) is 1.57. The Hall–Kier alpha value is -2.70. The summed E-state index contributed by atoms with van der Waals surface area (Å²) in [7, 11) is 1.63. The largest absolute Gasteiger partial charge is 0.497 e. The van der Waals surface area contributed by atoms with Crippen molar-refractivity contribution in [3.8, 4) is 5.75 Å². The number of carbonyl (C=O) groups is 1. The topological polar surface area (TPSA) is 32.8 Å². The van der Waals surface area contributed by atoms with Crippen molar-refractivity contribution >= 4 is 22.9 Å². The molecule has 0 bridgehead atoms. The van der Waals surface area contributed by atoms with Gasteiger partial charge in [0.05, 0.1) is 12.0 Å². The molecule has 0 aliphatic carbocycles. The van der Waals surface area contributed by atoms with Gasteiger partial charge in [0.25, 0.3) is 5.91 Å². The van der Waals surface area contributed by atoms with Gasteiger partial charge >= 0.3 is 0 Å². The molecule has 6 heteroatoms. The van der Waals surface area contributed by atoms with Crippen LogP contribution in [0.4, 0.5) is 10.1 Å². The van der Waals surface area contributed by atoms with E-state index in [1.165, 1.54) is 17.4 Å². The Morgan fingerprint density at radius 1 is 1.13 bits per heavy atom. The molecule has 3 aromatic rings. The van der Waals surface area contributed by atoms with Crippen molar-refractivity contribution in [2.45, 2.75) is 25.4 Å². The standard InChI is InChI=1S/C24H25FN2O2S/c1-29-21-8-4-7-20(16-21)27(24(28)23-10-5-15-30-23)19-11-13-26(14-12-19)17-18-6-2-3-9-22(18)25/h2-10,15-16,19H,11-14,17H2,1H3. The minimum Gasteiger partial charge on any atom is -0.497 e. The molecule has 0 unspecified atom stereocenters. The van der Waals surface area contributed by atoms with E-state index < -0.39 is 0 Å². The number of rotatable bonds is 6. The van der Waals surface area contributed by atoms with Gasteiger partial charge in [0.2, 0.25) is 0 Å². The Bertz CT molecular complexity index is 984. The highest BCUT2D eigenvalue weighted by Gasteiger charge is 2.30. The third-order valence-electron chi connectivity index (χ3n) is 5.56. The molecular formula is C24H25FN2O2S. The summed E-state index contributed by atoms with van der Waals surface area (Å²) < 4.78 is 19.4. The number of methoxy groups -OCH3 is 1. The first-order valence-electron chi connectivity index (χ1n) is 10.1. The summed E-state index contributed by atoms with van der Waals surface area (Å²) in [6.45, 7) is 2.23. The highest BCUT2D eigenvalue weighted by Crippen LogP contribution is 2.30. The number of piperidine rings is 1. The van der Waals surface area contributed by atoms with Crippen molar-refractivity contribution in [1.82, 2.24) is 4.90 Å². The number of anilines is 1. The number of thiophene rings is 1. The molecule has 0 radical (unpaired) electrons. The van der Waals surface area contributed by atoms with Gasteiger partial charge in [-0.1, -0.05) is 30.3 Å². The molecule has 1 saturated heterocycles. The minimum absolute atomic E-state index is 0.0193. The highest BCUT2D eigenvalue weighted by molar-refractivity contribution is 7.12. The highest BCUT2D eigenvalue weighted by atomic mass is 32.1. The second-order valence-corrected chi connectivity index (χ2v) is 8.40. The molecule has 30 heavy (non-hydrogen) atoms. The Kier molecular flexibility index (Phi) is 6.45. The van der Waals surface area contributed by atoms with Gasteiger partial charge in [0, 0.05) is 43.0 Å². The van der Waals surface area contributed by atoms with Gasteiger partial charge in [-0.3, -0.25) is 9.69 Å². The molecule has 1 aliphatic rings. The molecule has 0 N–H and O–H groups in total. The first-order valence-corrected chi connectivity index (χ1v) is 11.0. The van der Waals surface area contributed by atoms with Gasteiger partial charge in [-0.05, 0) is 42.5 Å². The van der Waals surface area contributed by atoms with E-state index in [1.807, 2.05) is 58.8 Å². The summed E-state index contributed by atoms with van der Waals surface area (Å²) in [6.07, 6.45) is 1.67. The number of amides is 1. The van der Waals surface area contributed by atoms with Gasteiger partial charge in [0.1, 0.15) is 11.6 Å². The zero-order valence-electron chi connectivity index (χ0n) is 17.0. The average Bonchev–Trinajstić information content (AvgIpc) is 3.32. The minimum atomic E-state index is -0.162. The fourth-order valence-electron chi connectivity index (χ4n) is 3.98. The van der Waals surface area contributed by atoms with Gasteiger partial charge < -0.3 is 9.64 Å². The number of nitrogens with zero attached hydrogens (tertiary/aromatic N) is 2. The lowest BCUT2D eigenvalue weighted by molar-refractivity contribution is 0.0962. The molecule has 1 aromatic heterocycles. The first kappa shape index (κ1) is 20.6. The van der Waals surface area contributed by atoms with Crippen molar-refractivity contribution in [1.29, 1.82) is 0 Å². The van der Waals surface area contributed by atoms with Crippen LogP contribution < -0.4 is 9.64 Å². The van der Waals surface area contributed by atoms with Crippen LogP contribution in [0, 0.1) is 5.82 Å². The molecule has 0 atom stereocenters. The molecule has 2 heterocycles. The molecular weight excluding hydrogens is 399 g/mol. The lowest BCUT2D eigenvalue weighted by atomic mass is 10.0. The summed E-state index contributed by atoms with van der Waals surface area (Å²) in [4.78, 5) is 18.3. The van der Waals surface area contributed by atoms with E-state index in [4.69, 9.17) is 4.74 Å². The number of hydrogen-bond donors (Lipinski definition) is 0. The summed E-state index contributed by atoms with van der Waals surface area (Å²) in [5.74, 6) is 0.588. The van der Waals surface area contributed by atoms with Crippen LogP contribution in [-0.2, 0) is 6.54 Å².